The van der Waals surface area contributed by atoms with Crippen molar-refractivity contribution in [3.8, 4) is 0 Å². The monoisotopic (exact) mass is 277 g/mol. The van der Waals surface area contributed by atoms with Crippen molar-refractivity contribution >= 4 is 5.91 Å². The van der Waals surface area contributed by atoms with Gasteiger partial charge in [-0.15, -0.1) is 0 Å². The van der Waals surface area contributed by atoms with Crippen LogP contribution < -0.4 is 11.3 Å². The van der Waals surface area contributed by atoms with E-state index in [4.69, 9.17) is 10.3 Å². The van der Waals surface area contributed by atoms with Gasteiger partial charge in [0.15, 0.2) is 0 Å². The Balaban J connectivity index is 1.67. The number of nitrogens with one attached hydrogen (secondary N) is 1. The predicted molar refractivity (Wildman–Crippen MR) is 75.8 cm³/mol. The van der Waals surface area contributed by atoms with E-state index >= 15 is 0 Å². The van der Waals surface area contributed by atoms with Crippen molar-refractivity contribution in [1.29, 1.82) is 0 Å². The van der Waals surface area contributed by atoms with Crippen LogP contribution in [0.4, 0.5) is 0 Å². The summed E-state index contributed by atoms with van der Waals surface area (Å²) in [6.07, 6.45) is 9.55. The number of fused-ring (bicyclic) bond motifs is 1. The standard InChI is InChI=1S/C15H23N3O2/c16-17-15(19)12-8-13(20-10-12)9-18-7-3-5-11-4-1-2-6-14(11)18/h8,10-11,14H,1-7,9,16H2,(H,17,19)/t11-,14-/m1/s1. The van der Waals surface area contributed by atoms with Gasteiger partial charge in [0.05, 0.1) is 12.1 Å². The third-order valence-corrected chi connectivity index (χ3v) is 4.76. The van der Waals surface area contributed by atoms with Crippen LogP contribution in [0.5, 0.6) is 0 Å². The van der Waals surface area contributed by atoms with Crippen LogP contribution in [0.15, 0.2) is 16.7 Å². The average molecular weight is 277 g/mol. The Morgan fingerprint density at radius 3 is 3.00 bits per heavy atom. The lowest BCUT2D eigenvalue weighted by atomic mass is 9.78. The molecule has 5 nitrogen and oxygen atoms in total. The summed E-state index contributed by atoms with van der Waals surface area (Å²) >= 11 is 0. The number of piperidine rings is 1. The van der Waals surface area contributed by atoms with Gasteiger partial charge in [-0.1, -0.05) is 12.8 Å². The molecule has 3 rings (SSSR count). The van der Waals surface area contributed by atoms with Gasteiger partial charge >= 0.3 is 0 Å². The van der Waals surface area contributed by atoms with Gasteiger partial charge in [0.1, 0.15) is 12.0 Å². The second kappa shape index (κ2) is 5.97. The summed E-state index contributed by atoms with van der Waals surface area (Å²) < 4.78 is 5.51. The zero-order valence-electron chi connectivity index (χ0n) is 11.8. The maximum atomic E-state index is 11.4. The van der Waals surface area contributed by atoms with E-state index in [0.29, 0.717) is 11.6 Å². The number of nitrogens with zero attached hydrogens (tertiary/aromatic N) is 1. The first-order valence-electron chi connectivity index (χ1n) is 7.60. The molecular formula is C15H23N3O2. The molecule has 0 bridgehead atoms. The Morgan fingerprint density at radius 2 is 2.15 bits per heavy atom. The lowest BCUT2D eigenvalue weighted by molar-refractivity contribution is 0.0495. The van der Waals surface area contributed by atoms with Crippen LogP contribution in [0.3, 0.4) is 0 Å². The third kappa shape index (κ3) is 2.74. The largest absolute Gasteiger partial charge is 0.467 e. The topological polar surface area (TPSA) is 71.5 Å². The Bertz CT molecular complexity index is 469. The molecule has 0 spiro atoms. The fourth-order valence-electron chi connectivity index (χ4n) is 3.79. The summed E-state index contributed by atoms with van der Waals surface area (Å²) in [5.74, 6) is 6.55. The van der Waals surface area contributed by atoms with Crippen molar-refractivity contribution in [2.75, 3.05) is 6.54 Å². The number of rotatable bonds is 3. The SMILES string of the molecule is NNC(=O)c1coc(CN2CCC[C@H]3CCCC[C@H]32)c1. The summed E-state index contributed by atoms with van der Waals surface area (Å²) in [4.78, 5) is 14.0. The zero-order valence-corrected chi connectivity index (χ0v) is 11.8. The minimum absolute atomic E-state index is 0.297. The van der Waals surface area contributed by atoms with Crippen LogP contribution in [0.25, 0.3) is 0 Å². The van der Waals surface area contributed by atoms with E-state index in [0.717, 1.165) is 24.8 Å². The first-order valence-corrected chi connectivity index (χ1v) is 7.60. The molecule has 1 saturated heterocycles. The molecule has 5 heteroatoms. The molecule has 1 aromatic rings. The van der Waals surface area contributed by atoms with Crippen LogP contribution in [0.2, 0.25) is 0 Å². The number of hydrazine groups is 1. The maximum Gasteiger partial charge on any atom is 0.268 e. The van der Waals surface area contributed by atoms with Gasteiger partial charge in [-0.2, -0.15) is 0 Å². The van der Waals surface area contributed by atoms with Crippen LogP contribution >= 0.6 is 0 Å². The summed E-state index contributed by atoms with van der Waals surface area (Å²) in [5.41, 5.74) is 2.63. The molecule has 2 atom stereocenters. The molecule has 1 aliphatic heterocycles. The first-order chi connectivity index (χ1) is 9.78. The van der Waals surface area contributed by atoms with Crippen molar-refractivity contribution in [3.05, 3.63) is 23.7 Å². The minimum atomic E-state index is -0.297. The van der Waals surface area contributed by atoms with Crippen LogP contribution in [-0.2, 0) is 6.54 Å². The number of carbonyl (C=O) groups is 1. The number of furan rings is 1. The van der Waals surface area contributed by atoms with Gasteiger partial charge < -0.3 is 4.42 Å². The zero-order chi connectivity index (χ0) is 13.9. The summed E-state index contributed by atoms with van der Waals surface area (Å²) in [6.45, 7) is 1.94. The summed E-state index contributed by atoms with van der Waals surface area (Å²) in [6, 6.07) is 2.50. The van der Waals surface area contributed by atoms with E-state index in [-0.39, 0.29) is 5.91 Å². The van der Waals surface area contributed by atoms with Crippen molar-refractivity contribution in [1.82, 2.24) is 10.3 Å². The van der Waals surface area contributed by atoms with Crippen LogP contribution in [0.1, 0.15) is 54.6 Å². The molecule has 110 valence electrons. The second-order valence-corrected chi connectivity index (χ2v) is 6.00. The Morgan fingerprint density at radius 1 is 1.35 bits per heavy atom. The molecule has 0 aromatic carbocycles. The molecule has 2 fully saturated rings. The molecule has 2 aliphatic rings. The van der Waals surface area contributed by atoms with Crippen molar-refractivity contribution < 1.29 is 9.21 Å². The van der Waals surface area contributed by atoms with Crippen LogP contribution in [0, 0.1) is 5.92 Å². The van der Waals surface area contributed by atoms with Crippen molar-refractivity contribution in [2.45, 2.75) is 51.1 Å². The van der Waals surface area contributed by atoms with Gasteiger partial charge in [-0.25, -0.2) is 5.84 Å². The minimum Gasteiger partial charge on any atom is -0.467 e. The van der Waals surface area contributed by atoms with Gasteiger partial charge in [0.2, 0.25) is 0 Å². The van der Waals surface area contributed by atoms with Crippen molar-refractivity contribution in [3.63, 3.8) is 0 Å². The molecule has 20 heavy (non-hydrogen) atoms. The van der Waals surface area contributed by atoms with E-state index in [1.54, 1.807) is 6.07 Å². The molecule has 1 aliphatic carbocycles. The quantitative estimate of drug-likeness (QED) is 0.504. The smallest absolute Gasteiger partial charge is 0.268 e. The summed E-state index contributed by atoms with van der Waals surface area (Å²) in [5, 5.41) is 0. The van der Waals surface area contributed by atoms with E-state index in [9.17, 15) is 4.79 Å². The van der Waals surface area contributed by atoms with E-state index in [2.05, 4.69) is 10.3 Å². The highest BCUT2D eigenvalue weighted by Gasteiger charge is 2.33. The maximum absolute atomic E-state index is 11.4. The summed E-state index contributed by atoms with van der Waals surface area (Å²) in [7, 11) is 0. The molecule has 1 aromatic heterocycles. The molecule has 0 unspecified atom stereocenters. The van der Waals surface area contributed by atoms with Gasteiger partial charge in [0, 0.05) is 6.04 Å². The molecule has 3 N–H and O–H groups in total. The fourth-order valence-corrected chi connectivity index (χ4v) is 3.79. The number of hydrogen-bond acceptors (Lipinski definition) is 4. The molecular weight excluding hydrogens is 254 g/mol. The first kappa shape index (κ1) is 13.6. The highest BCUT2D eigenvalue weighted by Crippen LogP contribution is 2.36. The molecule has 1 amide bonds. The normalized spacial score (nSPS) is 27.1. The Hall–Kier alpha value is -1.33. The average Bonchev–Trinajstić information content (AvgIpc) is 2.95. The lowest BCUT2D eigenvalue weighted by Gasteiger charge is -2.43. The van der Waals surface area contributed by atoms with E-state index in [1.807, 2.05) is 0 Å². The number of carbonyl (C=O) groups excluding carboxylic acids is 1. The number of nitrogen functional groups attached to an aromatic ring is 1. The fraction of sp³-hybridized carbons (Fsp3) is 0.667. The van der Waals surface area contributed by atoms with Gasteiger partial charge in [0.25, 0.3) is 5.91 Å². The third-order valence-electron chi connectivity index (χ3n) is 4.76. The van der Waals surface area contributed by atoms with E-state index < -0.39 is 0 Å². The number of nitrogens with two attached hydrogens (primary N) is 1. The number of hydrogen-bond donors (Lipinski definition) is 2. The Labute approximate surface area is 119 Å². The van der Waals surface area contributed by atoms with Crippen LogP contribution in [-0.4, -0.2) is 23.4 Å². The Kier molecular flexibility index (Phi) is 4.08. The predicted octanol–water partition coefficient (Wildman–Crippen LogP) is 2.04. The van der Waals surface area contributed by atoms with Crippen molar-refractivity contribution in [2.24, 2.45) is 11.8 Å². The highest BCUT2D eigenvalue weighted by molar-refractivity contribution is 5.93. The highest BCUT2D eigenvalue weighted by atomic mass is 16.3. The van der Waals surface area contributed by atoms with Gasteiger partial charge in [-0.05, 0) is 44.2 Å². The molecule has 1 saturated carbocycles. The molecule has 0 radical (unpaired) electrons. The number of amides is 1. The molecule has 2 heterocycles. The lowest BCUT2D eigenvalue weighted by Crippen LogP contribution is -2.46. The van der Waals surface area contributed by atoms with E-state index in [1.165, 1.54) is 44.8 Å². The van der Waals surface area contributed by atoms with Gasteiger partial charge in [-0.3, -0.25) is 15.1 Å². The second-order valence-electron chi connectivity index (χ2n) is 6.00. The number of likely N-dealkylation sites (tertiary alicyclic amines) is 1.